The number of nitriles is 1. The molecule has 0 amide bonds. The highest BCUT2D eigenvalue weighted by atomic mass is 16.3. The molecule has 0 saturated heterocycles. The molecule has 0 spiro atoms. The fraction of sp³-hybridized carbons (Fsp3) is 0.389. The molecule has 1 aliphatic rings. The Labute approximate surface area is 125 Å². The molecular formula is C18H20N2O. The zero-order valence-electron chi connectivity index (χ0n) is 12.9. The van der Waals surface area contributed by atoms with Crippen LogP contribution >= 0.6 is 0 Å². The van der Waals surface area contributed by atoms with E-state index in [1.165, 1.54) is 5.56 Å². The van der Waals surface area contributed by atoms with Crippen LogP contribution in [-0.4, -0.2) is 9.67 Å². The van der Waals surface area contributed by atoms with Gasteiger partial charge in [-0.1, -0.05) is 26.0 Å². The third kappa shape index (κ3) is 1.99. The predicted molar refractivity (Wildman–Crippen MR) is 82.8 cm³/mol. The smallest absolute Gasteiger partial charge is 0.120 e. The van der Waals surface area contributed by atoms with Gasteiger partial charge in [0.2, 0.25) is 0 Å². The molecule has 21 heavy (non-hydrogen) atoms. The molecule has 3 rings (SSSR count). The van der Waals surface area contributed by atoms with Gasteiger partial charge in [-0.05, 0) is 53.6 Å². The van der Waals surface area contributed by atoms with E-state index in [1.807, 2.05) is 42.8 Å². The molecule has 1 N–H and O–H groups in total. The van der Waals surface area contributed by atoms with E-state index in [1.54, 1.807) is 0 Å². The summed E-state index contributed by atoms with van der Waals surface area (Å²) in [6.45, 7) is 6.22. The molecule has 1 aromatic heterocycles. The van der Waals surface area contributed by atoms with E-state index in [9.17, 15) is 5.11 Å². The number of aromatic nitrogens is 1. The Morgan fingerprint density at radius 1 is 1.14 bits per heavy atom. The molecule has 0 bridgehead atoms. The van der Waals surface area contributed by atoms with Crippen molar-refractivity contribution in [3.63, 3.8) is 0 Å². The highest BCUT2D eigenvalue weighted by Gasteiger charge is 2.43. The Morgan fingerprint density at radius 3 is 2.48 bits per heavy atom. The van der Waals surface area contributed by atoms with Crippen molar-refractivity contribution >= 4 is 0 Å². The van der Waals surface area contributed by atoms with Gasteiger partial charge in [0.1, 0.15) is 11.8 Å². The lowest BCUT2D eigenvalue weighted by atomic mass is 9.85. The average Bonchev–Trinajstić information content (AvgIpc) is 2.85. The predicted octanol–water partition coefficient (Wildman–Crippen LogP) is 3.45. The lowest BCUT2D eigenvalue weighted by Gasteiger charge is -2.21. The minimum absolute atomic E-state index is 0.0436. The molecule has 3 heteroatoms. The van der Waals surface area contributed by atoms with E-state index in [4.69, 9.17) is 5.26 Å². The molecule has 1 aromatic carbocycles. The Balaban J connectivity index is 2.17. The topological polar surface area (TPSA) is 49.0 Å². The summed E-state index contributed by atoms with van der Waals surface area (Å²) >= 11 is 0. The second-order valence-corrected chi connectivity index (χ2v) is 6.87. The minimum Gasteiger partial charge on any atom is -0.385 e. The van der Waals surface area contributed by atoms with Gasteiger partial charge in [-0.2, -0.15) is 5.26 Å². The molecule has 108 valence electrons. The molecule has 3 nitrogen and oxygen atoms in total. The van der Waals surface area contributed by atoms with Crippen LogP contribution in [0.25, 0.3) is 11.3 Å². The van der Waals surface area contributed by atoms with Gasteiger partial charge in [0.05, 0.1) is 5.60 Å². The van der Waals surface area contributed by atoms with Crippen molar-refractivity contribution in [2.45, 2.75) is 38.2 Å². The monoisotopic (exact) mass is 280 g/mol. The number of aliphatic hydroxyl groups is 1. The summed E-state index contributed by atoms with van der Waals surface area (Å²) < 4.78 is 1.90. The maximum absolute atomic E-state index is 10.6. The van der Waals surface area contributed by atoms with Gasteiger partial charge >= 0.3 is 0 Å². The SMILES string of the molecule is Cn1c(C#N)ccc1-c1ccc2c(c1)C(C)(C)CC2(C)O. The van der Waals surface area contributed by atoms with Gasteiger partial charge in [0.25, 0.3) is 0 Å². The summed E-state index contributed by atoms with van der Waals surface area (Å²) in [7, 11) is 1.91. The largest absolute Gasteiger partial charge is 0.385 e. The number of hydrogen-bond donors (Lipinski definition) is 1. The molecule has 0 radical (unpaired) electrons. The van der Waals surface area contributed by atoms with Gasteiger partial charge in [0.15, 0.2) is 0 Å². The van der Waals surface area contributed by atoms with Gasteiger partial charge in [-0.3, -0.25) is 0 Å². The Kier molecular flexibility index (Phi) is 2.80. The maximum atomic E-state index is 10.6. The Bertz CT molecular complexity index is 760. The lowest BCUT2D eigenvalue weighted by molar-refractivity contribution is 0.0456. The second-order valence-electron chi connectivity index (χ2n) is 6.87. The molecule has 1 heterocycles. The minimum atomic E-state index is -0.761. The first kappa shape index (κ1) is 13.9. The molecule has 0 fully saturated rings. The van der Waals surface area contributed by atoms with Gasteiger partial charge < -0.3 is 9.67 Å². The normalized spacial score (nSPS) is 22.9. The van der Waals surface area contributed by atoms with Crippen molar-refractivity contribution in [2.75, 3.05) is 0 Å². The summed E-state index contributed by atoms with van der Waals surface area (Å²) in [4.78, 5) is 0. The van der Waals surface area contributed by atoms with Crippen LogP contribution in [0.5, 0.6) is 0 Å². The van der Waals surface area contributed by atoms with Crippen LogP contribution in [0.2, 0.25) is 0 Å². The highest BCUT2D eigenvalue weighted by Crippen LogP contribution is 2.48. The van der Waals surface area contributed by atoms with Crippen LogP contribution in [0.1, 0.15) is 44.0 Å². The standard InChI is InChI=1S/C18H20N2O/c1-17(2)11-18(3,21)14-7-5-12(9-15(14)17)16-8-6-13(10-19)20(16)4/h5-9,21H,11H2,1-4H3. The van der Waals surface area contributed by atoms with E-state index < -0.39 is 5.60 Å². The number of fused-ring (bicyclic) bond motifs is 1. The van der Waals surface area contributed by atoms with Gasteiger partial charge in [-0.15, -0.1) is 0 Å². The van der Waals surface area contributed by atoms with E-state index in [2.05, 4.69) is 26.0 Å². The first-order valence-electron chi connectivity index (χ1n) is 7.20. The molecule has 0 saturated carbocycles. The second kappa shape index (κ2) is 4.22. The van der Waals surface area contributed by atoms with Crippen LogP contribution in [0.4, 0.5) is 0 Å². The lowest BCUT2D eigenvalue weighted by Crippen LogP contribution is -2.20. The van der Waals surface area contributed by atoms with Crippen molar-refractivity contribution in [3.05, 3.63) is 47.2 Å². The first-order chi connectivity index (χ1) is 9.76. The van der Waals surface area contributed by atoms with Crippen LogP contribution in [0.3, 0.4) is 0 Å². The zero-order valence-corrected chi connectivity index (χ0v) is 12.9. The number of benzene rings is 1. The average molecular weight is 280 g/mol. The van der Waals surface area contributed by atoms with Crippen molar-refractivity contribution in [1.82, 2.24) is 4.57 Å². The summed E-state index contributed by atoms with van der Waals surface area (Å²) in [5.74, 6) is 0. The maximum Gasteiger partial charge on any atom is 0.120 e. The summed E-state index contributed by atoms with van der Waals surface area (Å²) in [5.41, 5.74) is 4.18. The molecular weight excluding hydrogens is 260 g/mol. The van der Waals surface area contributed by atoms with Crippen molar-refractivity contribution in [2.24, 2.45) is 7.05 Å². The molecule has 0 aliphatic heterocycles. The number of nitrogens with zero attached hydrogens (tertiary/aromatic N) is 2. The Hall–Kier alpha value is -2.05. The van der Waals surface area contributed by atoms with Gasteiger partial charge in [-0.25, -0.2) is 0 Å². The number of hydrogen-bond acceptors (Lipinski definition) is 2. The molecule has 2 aromatic rings. The first-order valence-corrected chi connectivity index (χ1v) is 7.20. The van der Waals surface area contributed by atoms with E-state index in [0.717, 1.165) is 23.2 Å². The fourth-order valence-electron chi connectivity index (χ4n) is 3.70. The van der Waals surface area contributed by atoms with Crippen LogP contribution in [0, 0.1) is 11.3 Å². The summed E-state index contributed by atoms with van der Waals surface area (Å²) in [6.07, 6.45) is 0.732. The fourth-order valence-corrected chi connectivity index (χ4v) is 3.70. The molecule has 1 aliphatic carbocycles. The summed E-state index contributed by atoms with van der Waals surface area (Å²) in [5, 5.41) is 19.7. The third-order valence-electron chi connectivity index (χ3n) is 4.65. The summed E-state index contributed by atoms with van der Waals surface area (Å²) in [6, 6.07) is 12.2. The van der Waals surface area contributed by atoms with Crippen molar-refractivity contribution in [1.29, 1.82) is 5.26 Å². The highest BCUT2D eigenvalue weighted by molar-refractivity contribution is 5.65. The van der Waals surface area contributed by atoms with Crippen LogP contribution in [0.15, 0.2) is 30.3 Å². The molecule has 1 atom stereocenters. The van der Waals surface area contributed by atoms with Crippen molar-refractivity contribution in [3.8, 4) is 17.3 Å². The van der Waals surface area contributed by atoms with Crippen LogP contribution in [-0.2, 0) is 18.1 Å². The van der Waals surface area contributed by atoms with E-state index in [0.29, 0.717) is 5.69 Å². The quantitative estimate of drug-likeness (QED) is 0.869. The number of rotatable bonds is 1. The molecule has 1 unspecified atom stereocenters. The zero-order chi connectivity index (χ0) is 15.4. The Morgan fingerprint density at radius 2 is 1.86 bits per heavy atom. The van der Waals surface area contributed by atoms with E-state index in [-0.39, 0.29) is 5.41 Å². The van der Waals surface area contributed by atoms with Crippen LogP contribution < -0.4 is 0 Å². The van der Waals surface area contributed by atoms with Gasteiger partial charge in [0, 0.05) is 12.7 Å². The van der Waals surface area contributed by atoms with Crippen molar-refractivity contribution < 1.29 is 5.11 Å². The third-order valence-corrected chi connectivity index (χ3v) is 4.65. The van der Waals surface area contributed by atoms with E-state index >= 15 is 0 Å².